The van der Waals surface area contributed by atoms with Crippen molar-refractivity contribution in [2.24, 2.45) is 0 Å². The normalized spacial score (nSPS) is 12.8. The molecule has 0 unspecified atom stereocenters. The Morgan fingerprint density at radius 2 is 1.46 bits per heavy atom. The Bertz CT molecular complexity index is 1380. The maximum atomic E-state index is 13.9. The van der Waals surface area contributed by atoms with Crippen molar-refractivity contribution in [3.63, 3.8) is 0 Å². The highest BCUT2D eigenvalue weighted by Crippen LogP contribution is 2.30. The van der Waals surface area contributed by atoms with Crippen LogP contribution in [0.1, 0.15) is 32.7 Å². The Morgan fingerprint density at radius 3 is 2.11 bits per heavy atom. The number of nitrogens with zero attached hydrogens (tertiary/aromatic N) is 2. The Kier molecular flexibility index (Phi) is 6.10. The molecule has 1 heterocycles. The van der Waals surface area contributed by atoms with Crippen LogP contribution in [0.2, 0.25) is 0 Å². The molecule has 0 bridgehead atoms. The summed E-state index contributed by atoms with van der Waals surface area (Å²) in [6, 6.07) is 26.1. The van der Waals surface area contributed by atoms with Crippen molar-refractivity contribution in [3.8, 4) is 0 Å². The van der Waals surface area contributed by atoms with E-state index in [2.05, 4.69) is 0 Å². The van der Waals surface area contributed by atoms with Crippen LogP contribution in [0.4, 0.5) is 10.1 Å². The summed E-state index contributed by atoms with van der Waals surface area (Å²) >= 11 is 0. The van der Waals surface area contributed by atoms with E-state index >= 15 is 0 Å². The van der Waals surface area contributed by atoms with Gasteiger partial charge in [-0.15, -0.1) is 0 Å². The number of benzene rings is 4. The highest BCUT2D eigenvalue weighted by Gasteiger charge is 2.32. The smallest absolute Gasteiger partial charge is 0.261 e. The molecule has 0 fully saturated rings. The zero-order valence-corrected chi connectivity index (χ0v) is 19.0. The van der Waals surface area contributed by atoms with Gasteiger partial charge >= 0.3 is 0 Å². The zero-order chi connectivity index (χ0) is 24.4. The molecule has 1 aliphatic rings. The monoisotopic (exact) mass is 466 g/mol. The zero-order valence-electron chi connectivity index (χ0n) is 19.0. The van der Waals surface area contributed by atoms with E-state index in [0.717, 1.165) is 10.9 Å². The number of rotatable bonds is 7. The average Bonchev–Trinajstić information content (AvgIpc) is 2.87. The molecule has 0 spiro atoms. The van der Waals surface area contributed by atoms with Crippen LogP contribution in [0, 0.1) is 5.82 Å². The summed E-state index contributed by atoms with van der Waals surface area (Å²) in [5, 5.41) is 1.53. The minimum atomic E-state index is -0.439. The molecule has 0 radical (unpaired) electrons. The van der Waals surface area contributed by atoms with E-state index in [1.165, 1.54) is 21.9 Å². The third kappa shape index (κ3) is 4.43. The Balaban J connectivity index is 1.35. The molecule has 0 N–H and O–H groups in total. The molecule has 174 valence electrons. The summed E-state index contributed by atoms with van der Waals surface area (Å²) in [6.45, 7) is 0.380. The van der Waals surface area contributed by atoms with E-state index < -0.39 is 5.82 Å². The van der Waals surface area contributed by atoms with E-state index in [1.807, 2.05) is 42.5 Å². The largest absolute Gasteiger partial charge is 0.312 e. The van der Waals surface area contributed by atoms with Crippen molar-refractivity contribution < 1.29 is 18.8 Å². The third-order valence-electron chi connectivity index (χ3n) is 6.24. The van der Waals surface area contributed by atoms with Crippen LogP contribution >= 0.6 is 0 Å². The number of carbonyl (C=O) groups excluding carboxylic acids is 3. The number of hydrogen-bond acceptors (Lipinski definition) is 3. The first-order chi connectivity index (χ1) is 17.0. The maximum Gasteiger partial charge on any atom is 0.261 e. The van der Waals surface area contributed by atoms with Crippen LogP contribution in [0.15, 0.2) is 91.0 Å². The maximum absolute atomic E-state index is 13.9. The first kappa shape index (κ1) is 22.5. The lowest BCUT2D eigenvalue weighted by atomic mass is 9.94. The number of amides is 3. The van der Waals surface area contributed by atoms with Gasteiger partial charge in [0.2, 0.25) is 5.91 Å². The number of carbonyl (C=O) groups is 3. The SMILES string of the molecule is O=C1c2cccc3cccc(c23)C(=O)N1CCCN(C(=O)Cc1ccccc1)c1cccc(F)c1. The van der Waals surface area contributed by atoms with Crippen LogP contribution in [0.3, 0.4) is 0 Å². The Labute approximate surface area is 202 Å². The van der Waals surface area contributed by atoms with Gasteiger partial charge in [-0.05, 0) is 47.7 Å². The molecular formula is C29H23FN2O3. The van der Waals surface area contributed by atoms with Gasteiger partial charge in [-0.3, -0.25) is 19.3 Å². The lowest BCUT2D eigenvalue weighted by Crippen LogP contribution is -2.42. The fraction of sp³-hybridized carbons (Fsp3) is 0.138. The highest BCUT2D eigenvalue weighted by molar-refractivity contribution is 6.25. The minimum absolute atomic E-state index is 0.146. The predicted molar refractivity (Wildman–Crippen MR) is 133 cm³/mol. The lowest BCUT2D eigenvalue weighted by Gasteiger charge is -2.29. The highest BCUT2D eigenvalue weighted by atomic mass is 19.1. The summed E-state index contributed by atoms with van der Waals surface area (Å²) in [4.78, 5) is 42.2. The van der Waals surface area contributed by atoms with Crippen molar-refractivity contribution >= 4 is 34.2 Å². The second-order valence-electron chi connectivity index (χ2n) is 8.51. The second kappa shape index (κ2) is 9.50. The predicted octanol–water partition coefficient (Wildman–Crippen LogP) is 5.24. The summed E-state index contributed by atoms with van der Waals surface area (Å²) in [5.74, 6) is -1.31. The number of hydrogen-bond donors (Lipinski definition) is 0. The van der Waals surface area contributed by atoms with Crippen LogP contribution in [-0.2, 0) is 11.2 Å². The van der Waals surface area contributed by atoms with Crippen molar-refractivity contribution in [2.75, 3.05) is 18.0 Å². The first-order valence-electron chi connectivity index (χ1n) is 11.5. The van der Waals surface area contributed by atoms with Gasteiger partial charge < -0.3 is 4.90 Å². The average molecular weight is 467 g/mol. The van der Waals surface area contributed by atoms with Crippen LogP contribution in [0.5, 0.6) is 0 Å². The first-order valence-corrected chi connectivity index (χ1v) is 11.5. The van der Waals surface area contributed by atoms with Gasteiger partial charge in [-0.2, -0.15) is 0 Å². The van der Waals surface area contributed by atoms with E-state index in [4.69, 9.17) is 0 Å². The molecule has 0 saturated heterocycles. The van der Waals surface area contributed by atoms with E-state index in [-0.39, 0.29) is 37.2 Å². The molecule has 5 rings (SSSR count). The summed E-state index contributed by atoms with van der Waals surface area (Å²) in [7, 11) is 0. The van der Waals surface area contributed by atoms with Crippen LogP contribution < -0.4 is 4.90 Å². The van der Waals surface area contributed by atoms with Crippen molar-refractivity contribution in [3.05, 3.63) is 114 Å². The molecule has 0 atom stereocenters. The molecule has 4 aromatic carbocycles. The molecule has 4 aromatic rings. The van der Waals surface area contributed by atoms with Gasteiger partial charge in [-0.25, -0.2) is 4.39 Å². The number of imide groups is 1. The van der Waals surface area contributed by atoms with Gasteiger partial charge in [0.15, 0.2) is 0 Å². The van der Waals surface area contributed by atoms with E-state index in [9.17, 15) is 18.8 Å². The fourth-order valence-electron chi connectivity index (χ4n) is 4.58. The molecule has 6 heteroatoms. The molecule has 0 aromatic heterocycles. The molecule has 0 aliphatic carbocycles. The van der Waals surface area contributed by atoms with Crippen molar-refractivity contribution in [1.82, 2.24) is 4.90 Å². The van der Waals surface area contributed by atoms with Gasteiger partial charge in [0, 0.05) is 35.3 Å². The van der Waals surface area contributed by atoms with Crippen LogP contribution in [0.25, 0.3) is 10.8 Å². The minimum Gasteiger partial charge on any atom is -0.312 e. The molecule has 5 nitrogen and oxygen atoms in total. The number of anilines is 1. The quantitative estimate of drug-likeness (QED) is 0.350. The van der Waals surface area contributed by atoms with Crippen LogP contribution in [-0.4, -0.2) is 35.7 Å². The van der Waals surface area contributed by atoms with E-state index in [0.29, 0.717) is 28.6 Å². The third-order valence-corrected chi connectivity index (χ3v) is 6.24. The summed E-state index contributed by atoms with van der Waals surface area (Å²) in [5.41, 5.74) is 2.29. The molecule has 35 heavy (non-hydrogen) atoms. The topological polar surface area (TPSA) is 57.7 Å². The van der Waals surface area contributed by atoms with E-state index in [1.54, 1.807) is 36.4 Å². The van der Waals surface area contributed by atoms with Gasteiger partial charge in [0.25, 0.3) is 11.8 Å². The van der Waals surface area contributed by atoms with Gasteiger partial charge in [-0.1, -0.05) is 60.7 Å². The standard InChI is InChI=1S/C29H23FN2O3/c30-22-12-6-13-23(19-22)31(26(33)18-20-8-2-1-3-9-20)16-7-17-32-28(34)24-14-4-10-21-11-5-15-25(27(21)24)29(32)35/h1-6,8-15,19H,7,16-18H2. The Morgan fingerprint density at radius 1 is 0.800 bits per heavy atom. The molecule has 3 amide bonds. The molecular weight excluding hydrogens is 443 g/mol. The van der Waals surface area contributed by atoms with Gasteiger partial charge in [0.05, 0.1) is 6.42 Å². The van der Waals surface area contributed by atoms with Crippen molar-refractivity contribution in [1.29, 1.82) is 0 Å². The van der Waals surface area contributed by atoms with Gasteiger partial charge in [0.1, 0.15) is 5.82 Å². The van der Waals surface area contributed by atoms with Crippen molar-refractivity contribution in [2.45, 2.75) is 12.8 Å². The summed E-state index contributed by atoms with van der Waals surface area (Å²) in [6.07, 6.45) is 0.515. The summed E-state index contributed by atoms with van der Waals surface area (Å²) < 4.78 is 13.9. The lowest BCUT2D eigenvalue weighted by molar-refractivity contribution is -0.118. The molecule has 0 saturated carbocycles. The molecule has 1 aliphatic heterocycles. The fourth-order valence-corrected chi connectivity index (χ4v) is 4.58. The second-order valence-corrected chi connectivity index (χ2v) is 8.51. The Hall–Kier alpha value is -4.32. The number of halogens is 1.